The molecule has 2 N–H and O–H groups in total. The topological polar surface area (TPSA) is 52.6 Å². The van der Waals surface area contributed by atoms with Crippen LogP contribution in [0.25, 0.3) is 0 Å². The zero-order valence-corrected chi connectivity index (χ0v) is 16.3. The highest BCUT2D eigenvalue weighted by atomic mass is 32.1. The Morgan fingerprint density at radius 1 is 1.22 bits per heavy atom. The summed E-state index contributed by atoms with van der Waals surface area (Å²) in [6.45, 7) is 13.9. The van der Waals surface area contributed by atoms with Crippen molar-refractivity contribution in [1.82, 2.24) is 20.5 Å². The summed E-state index contributed by atoms with van der Waals surface area (Å²) in [6, 6.07) is 1.12. The minimum Gasteiger partial charge on any atom is -0.356 e. The van der Waals surface area contributed by atoms with Crippen LogP contribution in [0.1, 0.15) is 45.3 Å². The number of hydrogen-bond donors (Lipinski definition) is 2. The summed E-state index contributed by atoms with van der Waals surface area (Å²) in [6.07, 6.45) is 1.95. The fourth-order valence-electron chi connectivity index (χ4n) is 2.57. The Hall–Kier alpha value is -1.14. The highest BCUT2D eigenvalue weighted by molar-refractivity contribution is 7.09. The van der Waals surface area contributed by atoms with Crippen molar-refractivity contribution in [2.75, 3.05) is 26.7 Å². The fraction of sp³-hybridized carbons (Fsp3) is 0.765. The molecule has 1 rings (SSSR count). The predicted octanol–water partition coefficient (Wildman–Crippen LogP) is 2.53. The van der Waals surface area contributed by atoms with Crippen LogP contribution in [0.3, 0.4) is 0 Å². The van der Waals surface area contributed by atoms with Gasteiger partial charge in [-0.25, -0.2) is 4.98 Å². The van der Waals surface area contributed by atoms with Gasteiger partial charge < -0.3 is 10.6 Å². The minimum absolute atomic E-state index is 0.559. The number of thiazole rings is 1. The third-order valence-electron chi connectivity index (χ3n) is 3.79. The van der Waals surface area contributed by atoms with Crippen LogP contribution >= 0.6 is 11.3 Å². The van der Waals surface area contributed by atoms with Gasteiger partial charge in [0.1, 0.15) is 0 Å². The summed E-state index contributed by atoms with van der Waals surface area (Å²) < 4.78 is 0. The first kappa shape index (κ1) is 19.9. The maximum Gasteiger partial charge on any atom is 0.191 e. The molecule has 0 saturated carbocycles. The SMILES string of the molecule is CCc1nc(CCNC(=NC)NCCN(C(C)C)C(C)C)cs1. The number of nitrogens with one attached hydrogen (secondary N) is 2. The number of guanidine groups is 1. The first-order valence-electron chi connectivity index (χ1n) is 8.61. The normalized spacial score (nSPS) is 12.5. The molecular formula is C17H33N5S. The zero-order chi connectivity index (χ0) is 17.2. The molecule has 0 amide bonds. The third-order valence-corrected chi connectivity index (χ3v) is 4.83. The molecule has 0 saturated heterocycles. The fourth-order valence-corrected chi connectivity index (χ4v) is 3.35. The number of aryl methyl sites for hydroxylation is 1. The van der Waals surface area contributed by atoms with Crippen molar-refractivity contribution >= 4 is 17.3 Å². The summed E-state index contributed by atoms with van der Waals surface area (Å²) in [5, 5.41) is 10.1. The molecule has 0 aliphatic carbocycles. The van der Waals surface area contributed by atoms with Gasteiger partial charge in [-0.2, -0.15) is 0 Å². The van der Waals surface area contributed by atoms with Gasteiger partial charge in [0.25, 0.3) is 0 Å². The second kappa shape index (κ2) is 10.6. The van der Waals surface area contributed by atoms with Crippen molar-refractivity contribution in [2.45, 2.75) is 59.5 Å². The molecule has 23 heavy (non-hydrogen) atoms. The van der Waals surface area contributed by atoms with Crippen molar-refractivity contribution in [3.05, 3.63) is 16.1 Å². The predicted molar refractivity (Wildman–Crippen MR) is 102 cm³/mol. The van der Waals surface area contributed by atoms with Gasteiger partial charge in [0, 0.05) is 50.6 Å². The highest BCUT2D eigenvalue weighted by Gasteiger charge is 2.12. The zero-order valence-electron chi connectivity index (χ0n) is 15.5. The quantitative estimate of drug-likeness (QED) is 0.536. The molecular weight excluding hydrogens is 306 g/mol. The van der Waals surface area contributed by atoms with Gasteiger partial charge in [0.15, 0.2) is 5.96 Å². The Balaban J connectivity index is 2.29. The van der Waals surface area contributed by atoms with E-state index in [1.165, 1.54) is 10.7 Å². The monoisotopic (exact) mass is 339 g/mol. The Bertz CT molecular complexity index is 459. The van der Waals surface area contributed by atoms with Crippen LogP contribution in [0.2, 0.25) is 0 Å². The Morgan fingerprint density at radius 3 is 2.39 bits per heavy atom. The molecule has 1 aromatic heterocycles. The van der Waals surface area contributed by atoms with E-state index in [1.807, 2.05) is 7.05 Å². The van der Waals surface area contributed by atoms with Crippen molar-refractivity contribution in [1.29, 1.82) is 0 Å². The van der Waals surface area contributed by atoms with E-state index in [2.05, 4.69) is 65.5 Å². The van der Waals surface area contributed by atoms with Gasteiger partial charge in [-0.15, -0.1) is 11.3 Å². The van der Waals surface area contributed by atoms with E-state index in [1.54, 1.807) is 11.3 Å². The smallest absolute Gasteiger partial charge is 0.191 e. The lowest BCUT2D eigenvalue weighted by molar-refractivity contribution is 0.178. The number of hydrogen-bond acceptors (Lipinski definition) is 4. The second-order valence-electron chi connectivity index (χ2n) is 6.19. The summed E-state index contributed by atoms with van der Waals surface area (Å²) in [7, 11) is 1.82. The average Bonchev–Trinajstić information content (AvgIpc) is 2.96. The van der Waals surface area contributed by atoms with Gasteiger partial charge in [0.05, 0.1) is 10.7 Å². The lowest BCUT2D eigenvalue weighted by Crippen LogP contribution is -2.45. The van der Waals surface area contributed by atoms with E-state index >= 15 is 0 Å². The molecule has 0 spiro atoms. The number of nitrogens with zero attached hydrogens (tertiary/aromatic N) is 3. The summed E-state index contributed by atoms with van der Waals surface area (Å²) in [4.78, 5) is 11.3. The molecule has 0 bridgehead atoms. The molecule has 6 heteroatoms. The molecule has 0 aliphatic heterocycles. The van der Waals surface area contributed by atoms with E-state index in [9.17, 15) is 0 Å². The van der Waals surface area contributed by atoms with Crippen molar-refractivity contribution < 1.29 is 0 Å². The first-order valence-corrected chi connectivity index (χ1v) is 9.49. The van der Waals surface area contributed by atoms with E-state index < -0.39 is 0 Å². The number of rotatable bonds is 9. The minimum atomic E-state index is 0.559. The van der Waals surface area contributed by atoms with E-state index in [-0.39, 0.29) is 0 Å². The lowest BCUT2D eigenvalue weighted by Gasteiger charge is -2.30. The highest BCUT2D eigenvalue weighted by Crippen LogP contribution is 2.10. The average molecular weight is 340 g/mol. The Kier molecular flexibility index (Phi) is 9.17. The van der Waals surface area contributed by atoms with Crippen molar-refractivity contribution in [3.8, 4) is 0 Å². The lowest BCUT2D eigenvalue weighted by atomic mass is 10.2. The molecule has 0 aromatic carbocycles. The van der Waals surface area contributed by atoms with Gasteiger partial charge in [-0.3, -0.25) is 9.89 Å². The van der Waals surface area contributed by atoms with Crippen LogP contribution in [-0.4, -0.2) is 54.6 Å². The van der Waals surface area contributed by atoms with Gasteiger partial charge in [-0.1, -0.05) is 6.92 Å². The van der Waals surface area contributed by atoms with Gasteiger partial charge >= 0.3 is 0 Å². The van der Waals surface area contributed by atoms with Crippen molar-refractivity contribution in [2.24, 2.45) is 4.99 Å². The molecule has 0 radical (unpaired) electrons. The first-order chi connectivity index (χ1) is 11.0. The van der Waals surface area contributed by atoms with Crippen LogP contribution in [0.4, 0.5) is 0 Å². The van der Waals surface area contributed by atoms with Crippen LogP contribution in [0.15, 0.2) is 10.4 Å². The maximum absolute atomic E-state index is 4.59. The largest absolute Gasteiger partial charge is 0.356 e. The molecule has 0 unspecified atom stereocenters. The molecule has 132 valence electrons. The molecule has 1 heterocycles. The second-order valence-corrected chi connectivity index (χ2v) is 7.13. The Morgan fingerprint density at radius 2 is 1.87 bits per heavy atom. The maximum atomic E-state index is 4.59. The van der Waals surface area contributed by atoms with Crippen LogP contribution in [0.5, 0.6) is 0 Å². The molecule has 0 aliphatic rings. The number of aromatic nitrogens is 1. The molecule has 1 aromatic rings. The van der Waals surface area contributed by atoms with Gasteiger partial charge in [-0.05, 0) is 34.1 Å². The van der Waals surface area contributed by atoms with E-state index in [0.29, 0.717) is 12.1 Å². The van der Waals surface area contributed by atoms with Crippen molar-refractivity contribution in [3.63, 3.8) is 0 Å². The molecule has 5 nitrogen and oxygen atoms in total. The van der Waals surface area contributed by atoms with E-state index in [4.69, 9.17) is 0 Å². The van der Waals surface area contributed by atoms with Crippen LogP contribution in [0, 0.1) is 0 Å². The summed E-state index contributed by atoms with van der Waals surface area (Å²) in [5.74, 6) is 0.864. The van der Waals surface area contributed by atoms with Crippen LogP contribution in [-0.2, 0) is 12.8 Å². The van der Waals surface area contributed by atoms with Gasteiger partial charge in [0.2, 0.25) is 0 Å². The van der Waals surface area contributed by atoms with E-state index in [0.717, 1.165) is 38.4 Å². The van der Waals surface area contributed by atoms with Crippen LogP contribution < -0.4 is 10.6 Å². The standard InChI is InChI=1S/C17H33N5S/c1-7-16-21-15(12-23-16)8-9-19-17(18-6)20-10-11-22(13(2)3)14(4)5/h12-14H,7-11H2,1-6H3,(H2,18,19,20). The molecule has 0 atom stereocenters. The number of aliphatic imine (C=N–C) groups is 1. The molecule has 0 fully saturated rings. The third kappa shape index (κ3) is 7.31. The Labute approximate surface area is 145 Å². The summed E-state index contributed by atoms with van der Waals surface area (Å²) in [5.41, 5.74) is 1.17. The summed E-state index contributed by atoms with van der Waals surface area (Å²) >= 11 is 1.75.